The maximum absolute atomic E-state index is 13.5. The maximum atomic E-state index is 13.5. The van der Waals surface area contributed by atoms with Crippen LogP contribution in [-0.2, 0) is 11.2 Å². The van der Waals surface area contributed by atoms with E-state index in [2.05, 4.69) is 73.0 Å². The average Bonchev–Trinajstić information content (AvgIpc) is 3.60. The van der Waals surface area contributed by atoms with Crippen LogP contribution >= 0.6 is 11.3 Å². The number of amides is 1. The van der Waals surface area contributed by atoms with Gasteiger partial charge in [0.05, 0.1) is 11.0 Å². The molecule has 1 atom stereocenters. The van der Waals surface area contributed by atoms with Crippen LogP contribution in [0.15, 0.2) is 35.7 Å². The molecule has 0 spiro atoms. The van der Waals surface area contributed by atoms with E-state index in [0.717, 1.165) is 68.1 Å². The number of piperidine rings is 1. The number of likely N-dealkylation sites (tertiary alicyclic amines) is 1. The molecule has 2 aromatic heterocycles. The molecule has 3 aromatic rings. The molecular formula is C34H50N4O2S. The lowest BCUT2D eigenvalue weighted by Gasteiger charge is -2.30. The van der Waals surface area contributed by atoms with Crippen LogP contribution in [0.5, 0.6) is 0 Å². The van der Waals surface area contributed by atoms with E-state index in [9.17, 15) is 9.59 Å². The zero-order valence-corrected chi connectivity index (χ0v) is 26.6. The summed E-state index contributed by atoms with van der Waals surface area (Å²) in [6, 6.07) is 10.5. The summed E-state index contributed by atoms with van der Waals surface area (Å²) in [6.45, 7) is 15.0. The summed E-state index contributed by atoms with van der Waals surface area (Å²) < 4.78 is 2.38. The summed E-state index contributed by atoms with van der Waals surface area (Å²) >= 11 is 1.75. The fourth-order valence-electron chi connectivity index (χ4n) is 6.22. The lowest BCUT2D eigenvalue weighted by molar-refractivity contribution is -0.125. The summed E-state index contributed by atoms with van der Waals surface area (Å²) in [6.07, 6.45) is 7.28. The quantitative estimate of drug-likeness (QED) is 0.150. The van der Waals surface area contributed by atoms with Crippen molar-refractivity contribution in [1.29, 1.82) is 0 Å². The van der Waals surface area contributed by atoms with Crippen LogP contribution in [0.1, 0.15) is 107 Å². The van der Waals surface area contributed by atoms with E-state index in [1.54, 1.807) is 11.3 Å². The largest absolute Gasteiger partial charge is 0.356 e. The molecule has 0 saturated carbocycles. The van der Waals surface area contributed by atoms with Crippen LogP contribution in [0.2, 0.25) is 0 Å². The Morgan fingerprint density at radius 3 is 2.54 bits per heavy atom. The minimum atomic E-state index is -0.314. The Balaban J connectivity index is 1.43. The summed E-state index contributed by atoms with van der Waals surface area (Å²) in [7, 11) is 0. The molecule has 0 aliphatic carbocycles. The zero-order valence-electron chi connectivity index (χ0n) is 25.8. The first-order valence-electron chi connectivity index (χ1n) is 15.8. The fraction of sp³-hybridized carbons (Fsp3) is 0.618. The number of Topliss-reactive ketones (excluding diaryl/α,β-unsaturated/α-hetero) is 1. The first kappa shape index (κ1) is 31.4. The van der Waals surface area contributed by atoms with Crippen molar-refractivity contribution in [1.82, 2.24) is 19.8 Å². The van der Waals surface area contributed by atoms with E-state index in [4.69, 9.17) is 4.98 Å². The third kappa shape index (κ3) is 8.51. The van der Waals surface area contributed by atoms with Gasteiger partial charge in [0.25, 0.3) is 0 Å². The number of ketones is 1. The minimum absolute atomic E-state index is 0.0108. The van der Waals surface area contributed by atoms with Gasteiger partial charge in [-0.1, -0.05) is 40.7 Å². The molecule has 0 bridgehead atoms. The SMILES string of the molecule is CCC(CC)n1c(Cc2cccs2)nc2cc(C(=O)C[C@@H](CC(C)C)C(=O)NCCCN3CCC(C)CC3)ccc21. The van der Waals surface area contributed by atoms with Gasteiger partial charge in [-0.15, -0.1) is 11.3 Å². The number of benzene rings is 1. The summed E-state index contributed by atoms with van der Waals surface area (Å²) in [5, 5.41) is 5.25. The van der Waals surface area contributed by atoms with E-state index >= 15 is 0 Å². The molecule has 224 valence electrons. The second kappa shape index (κ2) is 15.1. The Morgan fingerprint density at radius 1 is 1.12 bits per heavy atom. The van der Waals surface area contributed by atoms with Crippen molar-refractivity contribution in [2.24, 2.45) is 17.8 Å². The fourth-order valence-corrected chi connectivity index (χ4v) is 6.92. The molecule has 1 N–H and O–H groups in total. The number of aromatic nitrogens is 2. The second-order valence-corrected chi connectivity index (χ2v) is 13.5. The summed E-state index contributed by atoms with van der Waals surface area (Å²) in [5.74, 6) is 1.94. The average molecular weight is 579 g/mol. The molecule has 1 aromatic carbocycles. The predicted molar refractivity (Wildman–Crippen MR) is 171 cm³/mol. The Labute approximate surface area is 250 Å². The molecule has 1 fully saturated rings. The lowest BCUT2D eigenvalue weighted by Crippen LogP contribution is -2.37. The van der Waals surface area contributed by atoms with E-state index < -0.39 is 0 Å². The predicted octanol–water partition coefficient (Wildman–Crippen LogP) is 7.52. The molecule has 0 radical (unpaired) electrons. The van der Waals surface area contributed by atoms with Gasteiger partial charge in [0.2, 0.25) is 5.91 Å². The van der Waals surface area contributed by atoms with Crippen LogP contribution in [0, 0.1) is 17.8 Å². The summed E-state index contributed by atoms with van der Waals surface area (Å²) in [4.78, 5) is 35.6. The van der Waals surface area contributed by atoms with Crippen LogP contribution in [0.3, 0.4) is 0 Å². The molecule has 4 rings (SSSR count). The van der Waals surface area contributed by atoms with Crippen LogP contribution in [0.4, 0.5) is 0 Å². The van der Waals surface area contributed by atoms with Gasteiger partial charge in [0.15, 0.2) is 5.78 Å². The van der Waals surface area contributed by atoms with Gasteiger partial charge in [0.1, 0.15) is 5.82 Å². The minimum Gasteiger partial charge on any atom is -0.356 e. The first-order chi connectivity index (χ1) is 19.8. The molecule has 6 nitrogen and oxygen atoms in total. The van der Waals surface area contributed by atoms with Gasteiger partial charge in [-0.2, -0.15) is 0 Å². The maximum Gasteiger partial charge on any atom is 0.223 e. The molecule has 1 aliphatic heterocycles. The number of rotatable bonds is 15. The smallest absolute Gasteiger partial charge is 0.223 e. The van der Waals surface area contributed by atoms with E-state index in [1.165, 1.54) is 17.7 Å². The number of imidazole rings is 1. The van der Waals surface area contributed by atoms with Crippen LogP contribution in [0.25, 0.3) is 11.0 Å². The van der Waals surface area contributed by atoms with Gasteiger partial charge in [0, 0.05) is 41.8 Å². The molecule has 3 heterocycles. The van der Waals surface area contributed by atoms with Crippen LogP contribution < -0.4 is 5.32 Å². The van der Waals surface area contributed by atoms with Crippen molar-refractivity contribution in [3.05, 3.63) is 52.0 Å². The molecule has 0 unspecified atom stereocenters. The number of carbonyl (C=O) groups excluding carboxylic acids is 2. The molecule has 7 heteroatoms. The van der Waals surface area contributed by atoms with Gasteiger partial charge in [-0.25, -0.2) is 4.98 Å². The highest BCUT2D eigenvalue weighted by Crippen LogP contribution is 2.29. The topological polar surface area (TPSA) is 67.2 Å². The number of thiophene rings is 1. The van der Waals surface area contributed by atoms with Gasteiger partial charge in [-0.05, 0) is 99.6 Å². The number of nitrogens with one attached hydrogen (secondary N) is 1. The van der Waals surface area contributed by atoms with Crippen molar-refractivity contribution in [3.8, 4) is 0 Å². The van der Waals surface area contributed by atoms with E-state index in [-0.39, 0.29) is 24.0 Å². The third-order valence-corrected chi connectivity index (χ3v) is 9.57. The number of fused-ring (bicyclic) bond motifs is 1. The highest BCUT2D eigenvalue weighted by atomic mass is 32.1. The van der Waals surface area contributed by atoms with Crippen molar-refractivity contribution in [2.75, 3.05) is 26.2 Å². The Hall–Kier alpha value is -2.51. The Bertz CT molecular complexity index is 1250. The van der Waals surface area contributed by atoms with E-state index in [1.807, 2.05) is 12.1 Å². The first-order valence-corrected chi connectivity index (χ1v) is 16.7. The van der Waals surface area contributed by atoms with Gasteiger partial charge >= 0.3 is 0 Å². The van der Waals surface area contributed by atoms with Gasteiger partial charge < -0.3 is 14.8 Å². The molecule has 1 aliphatic rings. The van der Waals surface area contributed by atoms with Crippen molar-refractivity contribution in [2.45, 2.75) is 92.0 Å². The number of hydrogen-bond acceptors (Lipinski definition) is 5. The zero-order chi connectivity index (χ0) is 29.4. The Kier molecular flexibility index (Phi) is 11.6. The standard InChI is InChI=1S/C34H50N4O2S/c1-6-28(7-2)38-31-12-11-26(21-30(31)36-33(38)23-29-10-8-19-41-29)32(39)22-27(20-24(3)4)34(40)35-15-9-16-37-17-13-25(5)14-18-37/h8,10-12,19,21,24-25,27-28H,6-7,9,13-18,20,22-23H2,1-5H3,(H,35,40)/t27-/m1/s1. The molecular weight excluding hydrogens is 528 g/mol. The highest BCUT2D eigenvalue weighted by Gasteiger charge is 2.25. The third-order valence-electron chi connectivity index (χ3n) is 8.69. The monoisotopic (exact) mass is 578 g/mol. The molecule has 1 saturated heterocycles. The van der Waals surface area contributed by atoms with Crippen molar-refractivity contribution in [3.63, 3.8) is 0 Å². The number of nitrogens with zero attached hydrogens (tertiary/aromatic N) is 3. The lowest BCUT2D eigenvalue weighted by atomic mass is 9.89. The second-order valence-electron chi connectivity index (χ2n) is 12.5. The number of carbonyl (C=O) groups is 2. The molecule has 41 heavy (non-hydrogen) atoms. The highest BCUT2D eigenvalue weighted by molar-refractivity contribution is 7.09. The summed E-state index contributed by atoms with van der Waals surface area (Å²) in [5.41, 5.74) is 2.60. The normalized spacial score (nSPS) is 15.7. The van der Waals surface area contributed by atoms with Crippen molar-refractivity contribution < 1.29 is 9.59 Å². The van der Waals surface area contributed by atoms with Crippen LogP contribution in [-0.4, -0.2) is 52.3 Å². The van der Waals surface area contributed by atoms with Gasteiger partial charge in [-0.3, -0.25) is 9.59 Å². The van der Waals surface area contributed by atoms with Crippen molar-refractivity contribution >= 4 is 34.1 Å². The number of hydrogen-bond donors (Lipinski definition) is 1. The Morgan fingerprint density at radius 2 is 1.88 bits per heavy atom. The molecule has 1 amide bonds. The van der Waals surface area contributed by atoms with E-state index in [0.29, 0.717) is 30.5 Å².